The van der Waals surface area contributed by atoms with E-state index in [9.17, 15) is 10.1 Å². The van der Waals surface area contributed by atoms with Gasteiger partial charge in [0.25, 0.3) is 0 Å². The van der Waals surface area contributed by atoms with Crippen molar-refractivity contribution in [1.82, 2.24) is 9.88 Å². The molecule has 1 saturated heterocycles. The van der Waals surface area contributed by atoms with E-state index in [1.807, 2.05) is 11.9 Å². The molecule has 0 unspecified atom stereocenters. The van der Waals surface area contributed by atoms with Gasteiger partial charge in [0.2, 0.25) is 5.82 Å². The van der Waals surface area contributed by atoms with Gasteiger partial charge < -0.3 is 15.2 Å². The maximum atomic E-state index is 11.1. The molecule has 1 aliphatic heterocycles. The van der Waals surface area contributed by atoms with Gasteiger partial charge in [-0.15, -0.1) is 0 Å². The third kappa shape index (κ3) is 2.97. The quantitative estimate of drug-likeness (QED) is 0.478. The van der Waals surface area contributed by atoms with E-state index < -0.39 is 4.92 Å². The topological polar surface area (TPSA) is 101 Å². The van der Waals surface area contributed by atoms with E-state index in [0.717, 1.165) is 25.9 Å². The van der Waals surface area contributed by atoms with E-state index in [0.29, 0.717) is 11.6 Å². The molecule has 1 aliphatic rings. The van der Waals surface area contributed by atoms with Gasteiger partial charge in [0.05, 0.1) is 4.92 Å². The normalized spacial score (nSPS) is 16.9. The fourth-order valence-corrected chi connectivity index (χ4v) is 2.48. The summed E-state index contributed by atoms with van der Waals surface area (Å²) in [4.78, 5) is 19.1. The predicted molar refractivity (Wildman–Crippen MR) is 77.6 cm³/mol. The zero-order chi connectivity index (χ0) is 14.7. The van der Waals surface area contributed by atoms with Crippen molar-refractivity contribution in [2.24, 2.45) is 5.84 Å². The Morgan fingerprint density at radius 1 is 1.50 bits per heavy atom. The van der Waals surface area contributed by atoms with Crippen LogP contribution in [0.2, 0.25) is 0 Å². The maximum absolute atomic E-state index is 11.1. The fourth-order valence-electron chi connectivity index (χ4n) is 2.48. The summed E-state index contributed by atoms with van der Waals surface area (Å²) in [6, 6.07) is 3.19. The smallest absolute Gasteiger partial charge is 0.311 e. The summed E-state index contributed by atoms with van der Waals surface area (Å²) in [6.07, 6.45) is 1.93. The Kier molecular flexibility index (Phi) is 4.35. The Bertz CT molecular complexity index is 487. The van der Waals surface area contributed by atoms with Gasteiger partial charge in [0.15, 0.2) is 0 Å². The molecule has 8 nitrogen and oxygen atoms in total. The molecule has 0 bridgehead atoms. The summed E-state index contributed by atoms with van der Waals surface area (Å²) in [5, 5.41) is 11.1. The molecule has 1 aromatic heterocycles. The van der Waals surface area contributed by atoms with Gasteiger partial charge in [-0.05, 0) is 39.0 Å². The van der Waals surface area contributed by atoms with Crippen LogP contribution in [0, 0.1) is 10.1 Å². The van der Waals surface area contributed by atoms with Crippen molar-refractivity contribution in [2.75, 3.05) is 37.5 Å². The number of nitrogen functional groups attached to an aromatic ring is 1. The molecule has 0 amide bonds. The molecular weight excluding hydrogens is 260 g/mol. The average Bonchev–Trinajstić information content (AvgIpc) is 2.46. The number of hydrogen-bond donors (Lipinski definition) is 2. The van der Waals surface area contributed by atoms with Crippen LogP contribution in [0.4, 0.5) is 17.3 Å². The van der Waals surface area contributed by atoms with Crippen molar-refractivity contribution >= 4 is 17.3 Å². The highest BCUT2D eigenvalue weighted by Gasteiger charge is 2.27. The number of nitrogens with zero attached hydrogens (tertiary/aromatic N) is 4. The van der Waals surface area contributed by atoms with E-state index in [-0.39, 0.29) is 11.7 Å². The van der Waals surface area contributed by atoms with Crippen LogP contribution in [0.15, 0.2) is 12.1 Å². The third-order valence-electron chi connectivity index (χ3n) is 3.77. The number of piperidine rings is 1. The van der Waals surface area contributed by atoms with E-state index in [4.69, 9.17) is 5.84 Å². The number of hydrogen-bond acceptors (Lipinski definition) is 7. The van der Waals surface area contributed by atoms with E-state index in [2.05, 4.69) is 22.4 Å². The number of aromatic nitrogens is 1. The highest BCUT2D eigenvalue weighted by molar-refractivity contribution is 5.61. The molecular formula is C12H20N6O2. The third-order valence-corrected chi connectivity index (χ3v) is 3.77. The standard InChI is InChI=1S/C12H20N6O2/c1-16-7-5-9(6-8-16)17(2)12-10(18(19)20)3-4-11(14-12)15-13/h3-4,9H,5-8,13H2,1-2H3,(H,14,15). The number of likely N-dealkylation sites (tertiary alicyclic amines) is 1. The van der Waals surface area contributed by atoms with Crippen molar-refractivity contribution < 1.29 is 4.92 Å². The highest BCUT2D eigenvalue weighted by Crippen LogP contribution is 2.30. The van der Waals surface area contributed by atoms with Crippen LogP contribution in [0.25, 0.3) is 0 Å². The summed E-state index contributed by atoms with van der Waals surface area (Å²) in [6.45, 7) is 1.97. The van der Waals surface area contributed by atoms with Crippen molar-refractivity contribution in [3.05, 3.63) is 22.2 Å². The zero-order valence-corrected chi connectivity index (χ0v) is 11.7. The Hall–Kier alpha value is -1.93. The van der Waals surface area contributed by atoms with Gasteiger partial charge >= 0.3 is 5.69 Å². The van der Waals surface area contributed by atoms with Crippen LogP contribution in [0.3, 0.4) is 0 Å². The second kappa shape index (κ2) is 6.02. The minimum absolute atomic E-state index is 0.00503. The van der Waals surface area contributed by atoms with Crippen LogP contribution >= 0.6 is 0 Å². The van der Waals surface area contributed by atoms with Crippen molar-refractivity contribution in [3.8, 4) is 0 Å². The van der Waals surface area contributed by atoms with E-state index in [1.165, 1.54) is 12.1 Å². The van der Waals surface area contributed by atoms with Gasteiger partial charge in [0.1, 0.15) is 5.82 Å². The molecule has 0 saturated carbocycles. The molecule has 0 spiro atoms. The molecule has 110 valence electrons. The summed E-state index contributed by atoms with van der Waals surface area (Å²) < 4.78 is 0. The lowest BCUT2D eigenvalue weighted by Crippen LogP contribution is -2.42. The van der Waals surface area contributed by atoms with Crippen molar-refractivity contribution in [2.45, 2.75) is 18.9 Å². The molecule has 3 N–H and O–H groups in total. The van der Waals surface area contributed by atoms with Gasteiger partial charge in [-0.3, -0.25) is 10.1 Å². The predicted octanol–water partition coefficient (Wildman–Crippen LogP) is 0.806. The number of hydrazine groups is 1. The summed E-state index contributed by atoms with van der Waals surface area (Å²) >= 11 is 0. The molecule has 0 aromatic carbocycles. The minimum atomic E-state index is -0.409. The number of pyridine rings is 1. The summed E-state index contributed by atoms with van der Waals surface area (Å²) in [7, 11) is 3.93. The minimum Gasteiger partial charge on any atom is -0.351 e. The first kappa shape index (κ1) is 14.5. The van der Waals surface area contributed by atoms with Crippen molar-refractivity contribution in [3.63, 3.8) is 0 Å². The van der Waals surface area contributed by atoms with Crippen LogP contribution < -0.4 is 16.2 Å². The molecule has 0 atom stereocenters. The first-order chi connectivity index (χ1) is 9.52. The van der Waals surface area contributed by atoms with Gasteiger partial charge in [-0.2, -0.15) is 0 Å². The van der Waals surface area contributed by atoms with Crippen LogP contribution in [0.1, 0.15) is 12.8 Å². The van der Waals surface area contributed by atoms with Gasteiger partial charge in [-0.1, -0.05) is 0 Å². The molecule has 1 fully saturated rings. The first-order valence-corrected chi connectivity index (χ1v) is 6.56. The molecule has 1 aromatic rings. The van der Waals surface area contributed by atoms with Gasteiger partial charge in [-0.25, -0.2) is 10.8 Å². The Morgan fingerprint density at radius 2 is 2.15 bits per heavy atom. The fraction of sp³-hybridized carbons (Fsp3) is 0.583. The molecule has 0 aliphatic carbocycles. The number of nitrogens with one attached hydrogen (secondary N) is 1. The number of anilines is 2. The Balaban J connectivity index is 2.27. The number of nitrogens with two attached hydrogens (primary N) is 1. The molecule has 8 heteroatoms. The van der Waals surface area contributed by atoms with E-state index in [1.54, 1.807) is 0 Å². The zero-order valence-electron chi connectivity index (χ0n) is 11.7. The van der Waals surface area contributed by atoms with Gasteiger partial charge in [0, 0.05) is 19.2 Å². The van der Waals surface area contributed by atoms with Crippen LogP contribution in [-0.2, 0) is 0 Å². The monoisotopic (exact) mass is 280 g/mol. The Labute approximate surface area is 117 Å². The van der Waals surface area contributed by atoms with Crippen LogP contribution in [-0.4, -0.2) is 48.0 Å². The molecule has 0 radical (unpaired) electrons. The SMILES string of the molecule is CN1CCC(N(C)c2nc(NN)ccc2[N+](=O)[O-])CC1. The summed E-state index contributed by atoms with van der Waals surface area (Å²) in [5.74, 6) is 6.12. The summed E-state index contributed by atoms with van der Waals surface area (Å²) in [5.41, 5.74) is 2.43. The Morgan fingerprint density at radius 3 is 2.70 bits per heavy atom. The number of rotatable bonds is 4. The molecule has 20 heavy (non-hydrogen) atoms. The highest BCUT2D eigenvalue weighted by atomic mass is 16.6. The average molecular weight is 280 g/mol. The molecule has 2 rings (SSSR count). The second-order valence-electron chi connectivity index (χ2n) is 5.09. The van der Waals surface area contributed by atoms with E-state index >= 15 is 0 Å². The largest absolute Gasteiger partial charge is 0.351 e. The molecule has 2 heterocycles. The second-order valence-corrected chi connectivity index (χ2v) is 5.09. The lowest BCUT2D eigenvalue weighted by atomic mass is 10.0. The number of nitro groups is 1. The lowest BCUT2D eigenvalue weighted by molar-refractivity contribution is -0.384. The van der Waals surface area contributed by atoms with Crippen molar-refractivity contribution in [1.29, 1.82) is 0 Å². The van der Waals surface area contributed by atoms with Crippen LogP contribution in [0.5, 0.6) is 0 Å². The first-order valence-electron chi connectivity index (χ1n) is 6.56. The lowest BCUT2D eigenvalue weighted by Gasteiger charge is -2.35. The maximum Gasteiger partial charge on any atom is 0.311 e.